The van der Waals surface area contributed by atoms with Crippen molar-refractivity contribution in [2.75, 3.05) is 5.94 Å². The fourth-order valence-corrected chi connectivity index (χ4v) is 1.53. The number of aliphatic hydroxyl groups excluding tert-OH is 1. The van der Waals surface area contributed by atoms with Gasteiger partial charge in [-0.2, -0.15) is 0 Å². The molecule has 0 saturated heterocycles. The lowest BCUT2D eigenvalue weighted by atomic mass is 10.3. The zero-order chi connectivity index (χ0) is 8.39. The standard InChI is InChI=1S/C8H8N2OS/c11-5-12-8-9-6-3-1-2-4-7(6)10-8/h1-4,11H,5H2,(H,9,10). The second-order valence-corrected chi connectivity index (χ2v) is 3.27. The lowest BCUT2D eigenvalue weighted by molar-refractivity contribution is 0.375. The zero-order valence-corrected chi connectivity index (χ0v) is 7.14. The Labute approximate surface area is 73.8 Å². The number of H-pyrrole nitrogens is 1. The van der Waals surface area contributed by atoms with E-state index in [2.05, 4.69) is 9.97 Å². The average Bonchev–Trinajstić information content (AvgIpc) is 2.47. The van der Waals surface area contributed by atoms with Gasteiger partial charge in [0, 0.05) is 0 Å². The van der Waals surface area contributed by atoms with Crippen molar-refractivity contribution in [3.8, 4) is 0 Å². The normalized spacial score (nSPS) is 10.8. The molecule has 0 bridgehead atoms. The first-order valence-electron chi connectivity index (χ1n) is 3.58. The Bertz CT molecular complexity index is 352. The Morgan fingerprint density at radius 3 is 3.00 bits per heavy atom. The predicted octanol–water partition coefficient (Wildman–Crippen LogP) is 1.60. The fraction of sp³-hybridized carbons (Fsp3) is 0.125. The molecule has 2 aromatic rings. The minimum absolute atomic E-state index is 0.0554. The van der Waals surface area contributed by atoms with Gasteiger partial charge < -0.3 is 10.1 Å². The minimum Gasteiger partial charge on any atom is -0.385 e. The third-order valence-corrected chi connectivity index (χ3v) is 2.16. The van der Waals surface area contributed by atoms with E-state index >= 15 is 0 Å². The summed E-state index contributed by atoms with van der Waals surface area (Å²) in [6.45, 7) is 0. The first-order valence-corrected chi connectivity index (χ1v) is 4.57. The number of benzene rings is 1. The maximum Gasteiger partial charge on any atom is 0.168 e. The average molecular weight is 180 g/mol. The fourth-order valence-electron chi connectivity index (χ4n) is 1.06. The summed E-state index contributed by atoms with van der Waals surface area (Å²) in [5.74, 6) is 0.0554. The molecule has 1 heterocycles. The predicted molar refractivity (Wildman–Crippen MR) is 49.0 cm³/mol. The maximum absolute atomic E-state index is 8.65. The van der Waals surface area contributed by atoms with E-state index in [0.29, 0.717) is 0 Å². The molecule has 0 amide bonds. The smallest absolute Gasteiger partial charge is 0.168 e. The monoisotopic (exact) mass is 180 g/mol. The van der Waals surface area contributed by atoms with Crippen LogP contribution in [0, 0.1) is 0 Å². The van der Waals surface area contributed by atoms with E-state index in [1.165, 1.54) is 11.8 Å². The van der Waals surface area contributed by atoms with Crippen LogP contribution in [0.15, 0.2) is 29.4 Å². The lowest BCUT2D eigenvalue weighted by Crippen LogP contribution is -1.75. The summed E-state index contributed by atoms with van der Waals surface area (Å²) in [6, 6.07) is 7.79. The van der Waals surface area contributed by atoms with E-state index in [0.717, 1.165) is 16.2 Å². The van der Waals surface area contributed by atoms with E-state index in [9.17, 15) is 0 Å². The summed E-state index contributed by atoms with van der Waals surface area (Å²) in [5, 5.41) is 9.41. The molecule has 0 aliphatic rings. The summed E-state index contributed by atoms with van der Waals surface area (Å²) in [4.78, 5) is 7.34. The van der Waals surface area contributed by atoms with Crippen molar-refractivity contribution in [3.05, 3.63) is 24.3 Å². The van der Waals surface area contributed by atoms with Crippen LogP contribution in [-0.2, 0) is 0 Å². The second kappa shape index (κ2) is 3.16. The van der Waals surface area contributed by atoms with Crippen LogP contribution in [0.5, 0.6) is 0 Å². The maximum atomic E-state index is 8.65. The van der Waals surface area contributed by atoms with Crippen molar-refractivity contribution >= 4 is 22.8 Å². The molecule has 0 radical (unpaired) electrons. The summed E-state index contributed by atoms with van der Waals surface area (Å²) >= 11 is 1.29. The number of nitrogens with zero attached hydrogens (tertiary/aromatic N) is 1. The van der Waals surface area contributed by atoms with Crippen molar-refractivity contribution in [3.63, 3.8) is 0 Å². The number of aliphatic hydroxyl groups is 1. The molecule has 0 spiro atoms. The topological polar surface area (TPSA) is 48.9 Å². The third kappa shape index (κ3) is 1.31. The molecule has 1 aromatic carbocycles. The van der Waals surface area contributed by atoms with Gasteiger partial charge in [-0.05, 0) is 12.1 Å². The molecule has 12 heavy (non-hydrogen) atoms. The molecule has 62 valence electrons. The first kappa shape index (κ1) is 7.64. The number of fused-ring (bicyclic) bond motifs is 1. The molecule has 0 aliphatic heterocycles. The van der Waals surface area contributed by atoms with E-state index in [1.807, 2.05) is 24.3 Å². The quantitative estimate of drug-likeness (QED) is 0.545. The summed E-state index contributed by atoms with van der Waals surface area (Å²) in [7, 11) is 0. The molecule has 0 fully saturated rings. The van der Waals surface area contributed by atoms with Crippen LogP contribution in [0.2, 0.25) is 0 Å². The molecule has 0 atom stereocenters. The molecule has 3 nitrogen and oxygen atoms in total. The highest BCUT2D eigenvalue weighted by molar-refractivity contribution is 7.98. The van der Waals surface area contributed by atoms with Gasteiger partial charge in [-0.15, -0.1) is 0 Å². The molecular weight excluding hydrogens is 172 g/mol. The van der Waals surface area contributed by atoms with E-state index in [-0.39, 0.29) is 5.94 Å². The number of rotatable bonds is 2. The van der Waals surface area contributed by atoms with Gasteiger partial charge in [-0.25, -0.2) is 4.98 Å². The Hall–Kier alpha value is -1.00. The Balaban J connectivity index is 2.47. The molecular formula is C8H8N2OS. The molecule has 0 saturated carbocycles. The van der Waals surface area contributed by atoms with Crippen LogP contribution in [-0.4, -0.2) is 21.0 Å². The zero-order valence-electron chi connectivity index (χ0n) is 6.32. The van der Waals surface area contributed by atoms with Gasteiger partial charge in [0.15, 0.2) is 5.16 Å². The van der Waals surface area contributed by atoms with Gasteiger partial charge in [0.2, 0.25) is 0 Å². The van der Waals surface area contributed by atoms with Crippen molar-refractivity contribution < 1.29 is 5.11 Å². The number of nitrogens with one attached hydrogen (secondary N) is 1. The number of hydrogen-bond acceptors (Lipinski definition) is 3. The van der Waals surface area contributed by atoms with Crippen molar-refractivity contribution in [1.82, 2.24) is 9.97 Å². The van der Waals surface area contributed by atoms with Gasteiger partial charge in [-0.1, -0.05) is 23.9 Å². The summed E-state index contributed by atoms with van der Waals surface area (Å²) < 4.78 is 0. The van der Waals surface area contributed by atoms with Gasteiger partial charge in [0.25, 0.3) is 0 Å². The lowest BCUT2D eigenvalue weighted by Gasteiger charge is -1.86. The Morgan fingerprint density at radius 1 is 1.42 bits per heavy atom. The van der Waals surface area contributed by atoms with E-state index in [1.54, 1.807) is 0 Å². The van der Waals surface area contributed by atoms with Crippen LogP contribution >= 0.6 is 11.8 Å². The number of hydrogen-bond donors (Lipinski definition) is 2. The minimum atomic E-state index is 0.0554. The molecule has 1 aromatic heterocycles. The van der Waals surface area contributed by atoms with Crippen LogP contribution in [0.1, 0.15) is 0 Å². The van der Waals surface area contributed by atoms with Crippen LogP contribution in [0.3, 0.4) is 0 Å². The van der Waals surface area contributed by atoms with Crippen molar-refractivity contribution in [2.24, 2.45) is 0 Å². The molecule has 4 heteroatoms. The number of aromatic nitrogens is 2. The largest absolute Gasteiger partial charge is 0.385 e. The Morgan fingerprint density at radius 2 is 2.25 bits per heavy atom. The van der Waals surface area contributed by atoms with E-state index < -0.39 is 0 Å². The summed E-state index contributed by atoms with van der Waals surface area (Å²) in [6.07, 6.45) is 0. The Kier molecular flexibility index (Phi) is 2.01. The molecule has 0 aliphatic carbocycles. The highest BCUT2D eigenvalue weighted by atomic mass is 32.2. The van der Waals surface area contributed by atoms with Gasteiger partial charge in [0.1, 0.15) is 0 Å². The van der Waals surface area contributed by atoms with Crippen LogP contribution in [0.25, 0.3) is 11.0 Å². The van der Waals surface area contributed by atoms with Crippen molar-refractivity contribution in [2.45, 2.75) is 5.16 Å². The van der Waals surface area contributed by atoms with Gasteiger partial charge in [-0.3, -0.25) is 0 Å². The van der Waals surface area contributed by atoms with Gasteiger partial charge >= 0.3 is 0 Å². The molecule has 2 rings (SSSR count). The first-order chi connectivity index (χ1) is 5.90. The number of para-hydroxylation sites is 2. The van der Waals surface area contributed by atoms with Crippen LogP contribution in [0.4, 0.5) is 0 Å². The molecule has 2 N–H and O–H groups in total. The van der Waals surface area contributed by atoms with Crippen LogP contribution < -0.4 is 0 Å². The highest BCUT2D eigenvalue weighted by Crippen LogP contribution is 2.17. The molecule has 0 unspecified atom stereocenters. The highest BCUT2D eigenvalue weighted by Gasteiger charge is 1.99. The SMILES string of the molecule is OCSc1nc2ccccc2[nH]1. The number of imidazole rings is 1. The third-order valence-electron chi connectivity index (χ3n) is 1.57. The summed E-state index contributed by atoms with van der Waals surface area (Å²) in [5.41, 5.74) is 1.95. The van der Waals surface area contributed by atoms with Gasteiger partial charge in [0.05, 0.1) is 17.0 Å². The van der Waals surface area contributed by atoms with E-state index in [4.69, 9.17) is 5.11 Å². The second-order valence-electron chi connectivity index (χ2n) is 2.33. The number of aromatic amines is 1. The van der Waals surface area contributed by atoms with Crippen molar-refractivity contribution in [1.29, 1.82) is 0 Å². The number of thioether (sulfide) groups is 1.